The first kappa shape index (κ1) is 13.9. The van der Waals surface area contributed by atoms with Crippen molar-refractivity contribution < 1.29 is 19.2 Å². The first-order chi connectivity index (χ1) is 9.49. The highest BCUT2D eigenvalue weighted by Gasteiger charge is 2.22. The van der Waals surface area contributed by atoms with Gasteiger partial charge in [-0.1, -0.05) is 6.07 Å². The van der Waals surface area contributed by atoms with Crippen LogP contribution >= 0.6 is 11.3 Å². The fourth-order valence-electron chi connectivity index (χ4n) is 1.60. The van der Waals surface area contributed by atoms with Crippen LogP contribution in [0.25, 0.3) is 0 Å². The minimum absolute atomic E-state index is 0.101. The molecular weight excluding hydrogens is 287 g/mol. The Kier molecular flexibility index (Phi) is 3.94. The maximum atomic E-state index is 13.7. The molecule has 0 saturated heterocycles. The molecule has 2 N–H and O–H groups in total. The number of nitro benzene ring substituents is 1. The van der Waals surface area contributed by atoms with Gasteiger partial charge in [0.25, 0.3) is 5.69 Å². The molecule has 0 saturated carbocycles. The Morgan fingerprint density at radius 1 is 1.45 bits per heavy atom. The first-order valence-electron chi connectivity index (χ1n) is 5.45. The molecular formula is C12H9FN2O4S. The van der Waals surface area contributed by atoms with Crippen LogP contribution in [0.15, 0.2) is 35.7 Å². The van der Waals surface area contributed by atoms with E-state index in [-0.39, 0.29) is 5.69 Å². The zero-order valence-corrected chi connectivity index (χ0v) is 10.8. The lowest BCUT2D eigenvalue weighted by atomic mass is 10.2. The quantitative estimate of drug-likeness (QED) is 0.653. The number of aliphatic carboxylic acids is 1. The number of halogens is 1. The molecule has 1 atom stereocenters. The number of thiophene rings is 1. The van der Waals surface area contributed by atoms with Gasteiger partial charge in [0.2, 0.25) is 0 Å². The Morgan fingerprint density at radius 3 is 2.70 bits per heavy atom. The van der Waals surface area contributed by atoms with E-state index in [1.165, 1.54) is 11.3 Å². The topological polar surface area (TPSA) is 92.5 Å². The molecule has 1 aromatic heterocycles. The number of nitro groups is 1. The number of carboxylic acid groups (broad SMARTS) is 1. The standard InChI is InChI=1S/C12H9FN2O4S/c13-8-6-7(15(18)19)3-4-9(8)14-11(12(16)17)10-2-1-5-20-10/h1-6,11,14H,(H,16,17). The van der Waals surface area contributed by atoms with Crippen molar-refractivity contribution in [3.63, 3.8) is 0 Å². The monoisotopic (exact) mass is 296 g/mol. The molecule has 1 heterocycles. The number of non-ortho nitro benzene ring substituents is 1. The molecule has 2 rings (SSSR count). The number of hydrogen-bond donors (Lipinski definition) is 2. The average Bonchev–Trinajstić information content (AvgIpc) is 2.90. The fourth-order valence-corrected chi connectivity index (χ4v) is 2.37. The Hall–Kier alpha value is -2.48. The van der Waals surface area contributed by atoms with E-state index in [0.717, 1.165) is 18.2 Å². The van der Waals surface area contributed by atoms with Crippen LogP contribution in [0.5, 0.6) is 0 Å². The zero-order chi connectivity index (χ0) is 14.7. The minimum Gasteiger partial charge on any atom is -0.479 e. The number of rotatable bonds is 5. The number of benzene rings is 1. The van der Waals surface area contributed by atoms with Crippen molar-refractivity contribution in [3.05, 3.63) is 56.5 Å². The van der Waals surface area contributed by atoms with Gasteiger partial charge >= 0.3 is 5.97 Å². The SMILES string of the molecule is O=C(O)C(Nc1ccc([N+](=O)[O-])cc1F)c1cccs1. The summed E-state index contributed by atoms with van der Waals surface area (Å²) in [6, 6.07) is 5.19. The summed E-state index contributed by atoms with van der Waals surface area (Å²) in [6.07, 6.45) is 0. The van der Waals surface area contributed by atoms with Gasteiger partial charge in [0.05, 0.1) is 16.7 Å². The maximum absolute atomic E-state index is 13.7. The maximum Gasteiger partial charge on any atom is 0.331 e. The molecule has 1 unspecified atom stereocenters. The lowest BCUT2D eigenvalue weighted by molar-refractivity contribution is -0.385. The molecule has 0 bridgehead atoms. The van der Waals surface area contributed by atoms with Gasteiger partial charge in [-0.15, -0.1) is 11.3 Å². The molecule has 0 amide bonds. The number of anilines is 1. The van der Waals surface area contributed by atoms with Crippen LogP contribution < -0.4 is 5.32 Å². The predicted molar refractivity (Wildman–Crippen MR) is 71.4 cm³/mol. The molecule has 0 fully saturated rings. The van der Waals surface area contributed by atoms with Crippen LogP contribution in [-0.4, -0.2) is 16.0 Å². The van der Waals surface area contributed by atoms with Crippen molar-refractivity contribution in [2.75, 3.05) is 5.32 Å². The Bertz CT molecular complexity index is 645. The van der Waals surface area contributed by atoms with Crippen LogP contribution in [0, 0.1) is 15.9 Å². The molecule has 8 heteroatoms. The Morgan fingerprint density at radius 2 is 2.20 bits per heavy atom. The second-order valence-electron chi connectivity index (χ2n) is 3.85. The van der Waals surface area contributed by atoms with Crippen molar-refractivity contribution in [1.82, 2.24) is 0 Å². The number of nitrogens with zero attached hydrogens (tertiary/aromatic N) is 1. The van der Waals surface area contributed by atoms with Gasteiger partial charge in [-0.2, -0.15) is 0 Å². The van der Waals surface area contributed by atoms with Gasteiger partial charge in [0.1, 0.15) is 0 Å². The molecule has 0 spiro atoms. The summed E-state index contributed by atoms with van der Waals surface area (Å²) in [5.74, 6) is -2.03. The van der Waals surface area contributed by atoms with E-state index < -0.39 is 28.4 Å². The predicted octanol–water partition coefficient (Wildman–Crippen LogP) is 3.03. The van der Waals surface area contributed by atoms with Crippen LogP contribution in [0.3, 0.4) is 0 Å². The van der Waals surface area contributed by atoms with Crippen molar-refractivity contribution in [3.8, 4) is 0 Å². The highest BCUT2D eigenvalue weighted by Crippen LogP contribution is 2.27. The van der Waals surface area contributed by atoms with Crippen LogP contribution in [0.1, 0.15) is 10.9 Å². The number of carboxylic acids is 1. The number of carbonyl (C=O) groups is 1. The Balaban J connectivity index is 2.28. The normalized spacial score (nSPS) is 11.8. The highest BCUT2D eigenvalue weighted by atomic mass is 32.1. The molecule has 20 heavy (non-hydrogen) atoms. The summed E-state index contributed by atoms with van der Waals surface area (Å²) in [6.45, 7) is 0. The van der Waals surface area contributed by atoms with Gasteiger partial charge < -0.3 is 10.4 Å². The minimum atomic E-state index is -1.16. The van der Waals surface area contributed by atoms with Gasteiger partial charge in [0, 0.05) is 10.9 Å². The molecule has 0 aliphatic heterocycles. The molecule has 104 valence electrons. The second-order valence-corrected chi connectivity index (χ2v) is 4.83. The summed E-state index contributed by atoms with van der Waals surface area (Å²) in [5, 5.41) is 23.9. The van der Waals surface area contributed by atoms with Gasteiger partial charge in [-0.05, 0) is 17.5 Å². The van der Waals surface area contributed by atoms with Crippen LogP contribution in [-0.2, 0) is 4.79 Å². The molecule has 0 radical (unpaired) electrons. The molecule has 1 aromatic carbocycles. The summed E-state index contributed by atoms with van der Waals surface area (Å²) >= 11 is 1.22. The summed E-state index contributed by atoms with van der Waals surface area (Å²) in [4.78, 5) is 21.5. The Labute approximate surface area is 116 Å². The van der Waals surface area contributed by atoms with E-state index in [4.69, 9.17) is 5.11 Å². The van der Waals surface area contributed by atoms with Crippen LogP contribution in [0.4, 0.5) is 15.8 Å². The van der Waals surface area contributed by atoms with Gasteiger partial charge in [-0.3, -0.25) is 10.1 Å². The average molecular weight is 296 g/mol. The van der Waals surface area contributed by atoms with E-state index in [1.54, 1.807) is 17.5 Å². The molecule has 0 aliphatic carbocycles. The van der Waals surface area contributed by atoms with Crippen molar-refractivity contribution in [2.24, 2.45) is 0 Å². The van der Waals surface area contributed by atoms with E-state index in [9.17, 15) is 19.3 Å². The third-order valence-corrected chi connectivity index (χ3v) is 3.48. The van der Waals surface area contributed by atoms with Crippen molar-refractivity contribution in [2.45, 2.75) is 6.04 Å². The van der Waals surface area contributed by atoms with E-state index in [1.807, 2.05) is 0 Å². The highest BCUT2D eigenvalue weighted by molar-refractivity contribution is 7.10. The molecule has 6 nitrogen and oxygen atoms in total. The van der Waals surface area contributed by atoms with E-state index >= 15 is 0 Å². The number of nitrogens with one attached hydrogen (secondary N) is 1. The second kappa shape index (κ2) is 5.66. The summed E-state index contributed by atoms with van der Waals surface area (Å²) in [5.41, 5.74) is -0.493. The zero-order valence-electron chi connectivity index (χ0n) is 9.95. The summed E-state index contributed by atoms with van der Waals surface area (Å²) < 4.78 is 13.7. The lowest BCUT2D eigenvalue weighted by Crippen LogP contribution is -2.20. The van der Waals surface area contributed by atoms with Crippen LogP contribution in [0.2, 0.25) is 0 Å². The third-order valence-electron chi connectivity index (χ3n) is 2.54. The largest absolute Gasteiger partial charge is 0.479 e. The third kappa shape index (κ3) is 2.91. The lowest BCUT2D eigenvalue weighted by Gasteiger charge is -2.14. The molecule has 2 aromatic rings. The van der Waals surface area contributed by atoms with Gasteiger partial charge in [-0.25, -0.2) is 9.18 Å². The van der Waals surface area contributed by atoms with E-state index in [2.05, 4.69) is 5.32 Å². The molecule has 0 aliphatic rings. The van der Waals surface area contributed by atoms with Crippen molar-refractivity contribution >= 4 is 28.7 Å². The summed E-state index contributed by atoms with van der Waals surface area (Å²) in [7, 11) is 0. The fraction of sp³-hybridized carbons (Fsp3) is 0.0833. The smallest absolute Gasteiger partial charge is 0.331 e. The number of hydrogen-bond acceptors (Lipinski definition) is 5. The van der Waals surface area contributed by atoms with Gasteiger partial charge in [0.15, 0.2) is 11.9 Å². The van der Waals surface area contributed by atoms with E-state index in [0.29, 0.717) is 4.88 Å². The first-order valence-corrected chi connectivity index (χ1v) is 6.33. The van der Waals surface area contributed by atoms with Crippen molar-refractivity contribution in [1.29, 1.82) is 0 Å².